The maximum Gasteiger partial charge on any atom is 0.514 e. The van der Waals surface area contributed by atoms with E-state index in [2.05, 4.69) is 29.0 Å². The van der Waals surface area contributed by atoms with Gasteiger partial charge in [-0.25, -0.2) is 9.59 Å². The predicted molar refractivity (Wildman–Crippen MR) is 145 cm³/mol. The highest BCUT2D eigenvalue weighted by Crippen LogP contribution is 2.43. The highest BCUT2D eigenvalue weighted by Gasteiger charge is 2.48. The van der Waals surface area contributed by atoms with Gasteiger partial charge in [0, 0.05) is 17.2 Å². The molecule has 0 radical (unpaired) electrons. The topological polar surface area (TPSA) is 124 Å². The third-order valence-electron chi connectivity index (χ3n) is 6.14. The minimum Gasteiger partial charge on any atom is -0.453 e. The lowest BCUT2D eigenvalue weighted by Gasteiger charge is -2.43. The zero-order valence-corrected chi connectivity index (χ0v) is 24.1. The Hall–Kier alpha value is -3.28. The molecule has 206 valence electrons. The molecule has 2 aliphatic rings. The Morgan fingerprint density at radius 2 is 1.79 bits per heavy atom. The molecule has 38 heavy (non-hydrogen) atoms. The monoisotopic (exact) mass is 543 g/mol. The number of fused-ring (bicyclic) bond motifs is 2. The molecule has 2 atom stereocenters. The minimum absolute atomic E-state index is 0.0498. The van der Waals surface area contributed by atoms with Gasteiger partial charge in [0.15, 0.2) is 19.7 Å². The normalized spacial score (nSPS) is 22.7. The van der Waals surface area contributed by atoms with Gasteiger partial charge >= 0.3 is 12.2 Å². The fourth-order valence-electron chi connectivity index (χ4n) is 4.11. The summed E-state index contributed by atoms with van der Waals surface area (Å²) >= 11 is 0. The molecule has 1 unspecified atom stereocenters. The number of rotatable bonds is 8. The van der Waals surface area contributed by atoms with Crippen molar-refractivity contribution in [2.45, 2.75) is 77.0 Å². The molecule has 0 fully saturated rings. The highest BCUT2D eigenvalue weighted by atomic mass is 28.4. The summed E-state index contributed by atoms with van der Waals surface area (Å²) in [6, 6.07) is 2.28. The lowest BCUT2D eigenvalue weighted by atomic mass is 9.79. The number of amides is 1. The van der Waals surface area contributed by atoms with Crippen molar-refractivity contribution in [3.63, 3.8) is 0 Å². The van der Waals surface area contributed by atoms with Crippen LogP contribution in [0.1, 0.15) is 41.5 Å². The van der Waals surface area contributed by atoms with Gasteiger partial charge in [-0.3, -0.25) is 5.32 Å². The molecule has 0 aromatic rings. The number of carbonyl (C=O) groups is 2. The van der Waals surface area contributed by atoms with Crippen molar-refractivity contribution in [2.24, 2.45) is 0 Å². The van der Waals surface area contributed by atoms with Crippen molar-refractivity contribution in [3.05, 3.63) is 46.9 Å². The zero-order chi connectivity index (χ0) is 28.6. The molecule has 2 rings (SSSR count). The standard InChI is InChI=1S/C28H37NO8Si/c1-8-38(9-2,10-3)37-28-17-14-12-11-13-15-21(31)23(20(28)16-18-30)24(29-25(32)34-7)22(19-28)35-26(33)36-27(4,5)6/h11-12,16,19,21,30-31H,8-10,18H2,1-7H3,(H,29,32)/b12-11-,20-16+/t21-,28?/m0/s1. The molecule has 0 saturated heterocycles. The van der Waals surface area contributed by atoms with Crippen molar-refractivity contribution in [1.82, 2.24) is 5.32 Å². The average molecular weight is 544 g/mol. The van der Waals surface area contributed by atoms with Crippen LogP contribution in [0, 0.1) is 23.7 Å². The molecular formula is C28H37NO8Si. The van der Waals surface area contributed by atoms with Gasteiger partial charge in [0.1, 0.15) is 11.7 Å². The van der Waals surface area contributed by atoms with E-state index in [1.165, 1.54) is 31.4 Å². The molecule has 3 N–H and O–H groups in total. The van der Waals surface area contributed by atoms with E-state index in [4.69, 9.17) is 18.6 Å². The molecule has 0 aromatic carbocycles. The van der Waals surface area contributed by atoms with Crippen LogP contribution >= 0.6 is 0 Å². The van der Waals surface area contributed by atoms with E-state index in [1.54, 1.807) is 20.8 Å². The number of allylic oxidation sites excluding steroid dienone is 2. The Morgan fingerprint density at radius 1 is 1.16 bits per heavy atom. The van der Waals surface area contributed by atoms with E-state index in [1.807, 2.05) is 20.8 Å². The number of hydrogen-bond donors (Lipinski definition) is 3. The van der Waals surface area contributed by atoms with Crippen LogP contribution in [0.25, 0.3) is 0 Å². The third-order valence-corrected chi connectivity index (χ3v) is 10.8. The van der Waals surface area contributed by atoms with Crippen molar-refractivity contribution in [3.8, 4) is 23.7 Å². The molecule has 2 aliphatic carbocycles. The van der Waals surface area contributed by atoms with Crippen LogP contribution in [0.2, 0.25) is 18.1 Å². The molecule has 1 amide bonds. The van der Waals surface area contributed by atoms with Gasteiger partial charge in [0.05, 0.1) is 19.4 Å². The van der Waals surface area contributed by atoms with E-state index < -0.39 is 44.5 Å². The zero-order valence-electron chi connectivity index (χ0n) is 23.1. The Morgan fingerprint density at radius 3 is 2.34 bits per heavy atom. The maximum atomic E-state index is 12.8. The van der Waals surface area contributed by atoms with Gasteiger partial charge in [0.2, 0.25) is 0 Å². The van der Waals surface area contributed by atoms with E-state index >= 15 is 0 Å². The van der Waals surface area contributed by atoms with E-state index in [-0.39, 0.29) is 22.6 Å². The van der Waals surface area contributed by atoms with Crippen LogP contribution < -0.4 is 5.32 Å². The second-order valence-electron chi connectivity index (χ2n) is 9.66. The van der Waals surface area contributed by atoms with Gasteiger partial charge in [-0.2, -0.15) is 0 Å². The number of nitrogens with one attached hydrogen (secondary N) is 1. The quantitative estimate of drug-likeness (QED) is 0.238. The van der Waals surface area contributed by atoms with Gasteiger partial charge in [0.25, 0.3) is 0 Å². The van der Waals surface area contributed by atoms with Crippen molar-refractivity contribution in [2.75, 3.05) is 13.7 Å². The summed E-state index contributed by atoms with van der Waals surface area (Å²) < 4.78 is 22.7. The molecular weight excluding hydrogens is 506 g/mol. The predicted octanol–water partition coefficient (Wildman–Crippen LogP) is 4.06. The summed E-state index contributed by atoms with van der Waals surface area (Å²) in [4.78, 5) is 25.2. The molecule has 10 heteroatoms. The average Bonchev–Trinajstić information content (AvgIpc) is 2.85. The number of ether oxygens (including phenoxy) is 3. The summed E-state index contributed by atoms with van der Waals surface area (Å²) in [7, 11) is -1.27. The minimum atomic E-state index is -2.44. The Labute approximate surface area is 225 Å². The first kappa shape index (κ1) is 30.9. The molecule has 2 bridgehead atoms. The number of alkyl carbamates (subject to hydrolysis) is 1. The van der Waals surface area contributed by atoms with Crippen molar-refractivity contribution >= 4 is 20.6 Å². The van der Waals surface area contributed by atoms with Gasteiger partial charge in [-0.1, -0.05) is 50.5 Å². The fraction of sp³-hybridized carbons (Fsp3) is 0.500. The van der Waals surface area contributed by atoms with E-state index in [9.17, 15) is 19.8 Å². The number of carbonyl (C=O) groups excluding carboxylic acids is 2. The summed E-state index contributed by atoms with van der Waals surface area (Å²) in [5, 5.41) is 23.8. The van der Waals surface area contributed by atoms with E-state index in [0.29, 0.717) is 0 Å². The third kappa shape index (κ3) is 7.39. The Kier molecular flexibility index (Phi) is 10.6. The Balaban J connectivity index is 2.98. The molecule has 0 aromatic heterocycles. The van der Waals surface area contributed by atoms with Crippen LogP contribution in [0.5, 0.6) is 0 Å². The second-order valence-corrected chi connectivity index (χ2v) is 14.3. The first-order valence-electron chi connectivity index (χ1n) is 12.5. The van der Waals surface area contributed by atoms with Crippen LogP contribution in [-0.2, 0) is 18.6 Å². The SMILES string of the molecule is CC[Si](CC)(CC)OC12C#C/C=C\C#C[C@H](O)C(=C(NC(=O)OC)C(OC(=O)OC(C)(C)C)=C1)/C2=C\CO. The van der Waals surface area contributed by atoms with Crippen LogP contribution in [0.3, 0.4) is 0 Å². The smallest absolute Gasteiger partial charge is 0.453 e. The summed E-state index contributed by atoms with van der Waals surface area (Å²) in [5.41, 5.74) is -2.18. The Bertz CT molecular complexity index is 1160. The summed E-state index contributed by atoms with van der Waals surface area (Å²) in [6.45, 7) is 10.8. The number of hydrogen-bond acceptors (Lipinski definition) is 8. The number of aliphatic hydroxyl groups is 2. The van der Waals surface area contributed by atoms with Gasteiger partial charge < -0.3 is 28.8 Å². The maximum absolute atomic E-state index is 12.8. The lowest BCUT2D eigenvalue weighted by Crippen LogP contribution is -2.50. The van der Waals surface area contributed by atoms with Crippen LogP contribution in [-0.4, -0.2) is 61.8 Å². The molecule has 9 nitrogen and oxygen atoms in total. The van der Waals surface area contributed by atoms with Crippen LogP contribution in [0.15, 0.2) is 46.9 Å². The second kappa shape index (κ2) is 13.0. The fourth-order valence-corrected chi connectivity index (χ4v) is 6.95. The van der Waals surface area contributed by atoms with Gasteiger partial charge in [-0.05, 0) is 51.1 Å². The number of methoxy groups -OCH3 is 1. The van der Waals surface area contributed by atoms with Crippen molar-refractivity contribution in [1.29, 1.82) is 0 Å². The molecule has 0 spiro atoms. The van der Waals surface area contributed by atoms with Crippen molar-refractivity contribution < 1.29 is 38.4 Å². The lowest BCUT2D eigenvalue weighted by molar-refractivity contribution is 0.00607. The first-order valence-corrected chi connectivity index (χ1v) is 15.0. The number of aliphatic hydroxyl groups excluding tert-OH is 2. The summed E-state index contributed by atoms with van der Waals surface area (Å²) in [6.07, 6.45) is 2.51. The van der Waals surface area contributed by atoms with E-state index in [0.717, 1.165) is 18.1 Å². The summed E-state index contributed by atoms with van der Waals surface area (Å²) in [5.74, 6) is 11.3. The molecule has 0 heterocycles. The van der Waals surface area contributed by atoms with Gasteiger partial charge in [-0.15, -0.1) is 0 Å². The largest absolute Gasteiger partial charge is 0.514 e. The first-order chi connectivity index (χ1) is 17.9. The van der Waals surface area contributed by atoms with Crippen LogP contribution in [0.4, 0.5) is 9.59 Å². The highest BCUT2D eigenvalue weighted by molar-refractivity contribution is 6.73. The molecule has 0 aliphatic heterocycles. The molecule has 0 saturated carbocycles.